The topological polar surface area (TPSA) is 64.6 Å². The summed E-state index contributed by atoms with van der Waals surface area (Å²) in [5.74, 6) is 0.626. The predicted octanol–water partition coefficient (Wildman–Crippen LogP) is 1.72. The molecule has 0 bridgehead atoms. The number of nitrogens with zero attached hydrogens (tertiary/aromatic N) is 1. The number of nitrogens with one attached hydrogen (secondary N) is 2. The number of aliphatic hydroxyl groups is 1. The molecule has 5 heteroatoms. The van der Waals surface area contributed by atoms with Gasteiger partial charge in [-0.2, -0.15) is 0 Å². The minimum absolute atomic E-state index is 0.0459. The lowest BCUT2D eigenvalue weighted by Gasteiger charge is -2.36. The van der Waals surface area contributed by atoms with E-state index in [9.17, 15) is 9.90 Å². The fourth-order valence-corrected chi connectivity index (χ4v) is 4.12. The molecule has 0 spiro atoms. The quantitative estimate of drug-likeness (QED) is 0.735. The Morgan fingerprint density at radius 1 is 1.28 bits per heavy atom. The predicted molar refractivity (Wildman–Crippen MR) is 98.8 cm³/mol. The maximum absolute atomic E-state index is 12.7. The summed E-state index contributed by atoms with van der Waals surface area (Å²) in [4.78, 5) is 14.7. The van der Waals surface area contributed by atoms with Crippen LogP contribution in [0, 0.1) is 11.8 Å². The van der Waals surface area contributed by atoms with Gasteiger partial charge >= 0.3 is 0 Å². The Morgan fingerprint density at radius 2 is 2.00 bits per heavy atom. The Hall–Kier alpha value is -1.43. The number of aryl methyl sites for hydroxylation is 1. The molecule has 1 aromatic carbocycles. The molecule has 0 radical (unpaired) electrons. The van der Waals surface area contributed by atoms with Crippen molar-refractivity contribution in [3.63, 3.8) is 0 Å². The second-order valence-corrected chi connectivity index (χ2v) is 7.40. The average molecular weight is 345 g/mol. The van der Waals surface area contributed by atoms with Crippen LogP contribution < -0.4 is 10.9 Å². The molecule has 0 saturated carbocycles. The zero-order valence-corrected chi connectivity index (χ0v) is 15.2. The number of benzene rings is 1. The van der Waals surface area contributed by atoms with E-state index in [4.69, 9.17) is 0 Å². The van der Waals surface area contributed by atoms with E-state index in [-0.39, 0.29) is 24.0 Å². The zero-order valence-electron chi connectivity index (χ0n) is 15.2. The van der Waals surface area contributed by atoms with Gasteiger partial charge in [-0.05, 0) is 43.6 Å². The maximum Gasteiger partial charge on any atom is 0.228 e. The third-order valence-electron chi connectivity index (χ3n) is 5.82. The van der Waals surface area contributed by atoms with E-state index in [0.29, 0.717) is 5.92 Å². The van der Waals surface area contributed by atoms with Gasteiger partial charge in [-0.1, -0.05) is 37.3 Å². The number of amides is 1. The van der Waals surface area contributed by atoms with Crippen molar-refractivity contribution in [1.82, 2.24) is 15.8 Å². The molecule has 1 amide bonds. The summed E-state index contributed by atoms with van der Waals surface area (Å²) in [6.07, 6.45) is 4.22. The van der Waals surface area contributed by atoms with Crippen LogP contribution in [0.1, 0.15) is 38.2 Å². The Morgan fingerprint density at radius 3 is 2.68 bits per heavy atom. The highest BCUT2D eigenvalue weighted by Gasteiger charge is 2.36. The van der Waals surface area contributed by atoms with Gasteiger partial charge in [0.15, 0.2) is 0 Å². The fourth-order valence-electron chi connectivity index (χ4n) is 4.12. The lowest BCUT2D eigenvalue weighted by Crippen LogP contribution is -2.46. The summed E-state index contributed by atoms with van der Waals surface area (Å²) in [6, 6.07) is 10.6. The molecular weight excluding hydrogens is 314 g/mol. The van der Waals surface area contributed by atoms with E-state index < -0.39 is 0 Å². The number of rotatable bonds is 6. The standard InChI is InChI=1S/C20H31N3O2/c1-2-18-17(14-21-22-18)20(25)23-12-10-16(11-13-23)19(24)9-8-15-6-4-3-5-7-15/h3-7,16-19,21-22,24H,2,8-14H2,1H3. The summed E-state index contributed by atoms with van der Waals surface area (Å²) < 4.78 is 0. The van der Waals surface area contributed by atoms with Gasteiger partial charge in [0.05, 0.1) is 12.0 Å². The van der Waals surface area contributed by atoms with Crippen molar-refractivity contribution in [2.45, 2.75) is 51.2 Å². The van der Waals surface area contributed by atoms with Gasteiger partial charge < -0.3 is 10.0 Å². The van der Waals surface area contributed by atoms with Crippen molar-refractivity contribution >= 4 is 5.91 Å². The molecule has 3 rings (SSSR count). The van der Waals surface area contributed by atoms with E-state index in [1.165, 1.54) is 5.56 Å². The Kier molecular flexibility index (Phi) is 6.45. The van der Waals surface area contributed by atoms with Crippen LogP contribution in [-0.4, -0.2) is 47.7 Å². The van der Waals surface area contributed by atoms with Crippen molar-refractivity contribution < 1.29 is 9.90 Å². The minimum atomic E-state index is -0.268. The molecule has 2 aliphatic heterocycles. The van der Waals surface area contributed by atoms with Crippen LogP contribution in [0.2, 0.25) is 0 Å². The number of hydrogen-bond donors (Lipinski definition) is 3. The van der Waals surface area contributed by atoms with Crippen molar-refractivity contribution in [2.24, 2.45) is 11.8 Å². The first-order valence-corrected chi connectivity index (χ1v) is 9.68. The van der Waals surface area contributed by atoms with Gasteiger partial charge in [0, 0.05) is 25.7 Å². The summed E-state index contributed by atoms with van der Waals surface area (Å²) in [5.41, 5.74) is 7.59. The molecule has 5 nitrogen and oxygen atoms in total. The van der Waals surface area contributed by atoms with Crippen LogP contribution in [-0.2, 0) is 11.2 Å². The van der Waals surface area contributed by atoms with Crippen molar-refractivity contribution in [3.05, 3.63) is 35.9 Å². The second-order valence-electron chi connectivity index (χ2n) is 7.40. The molecule has 138 valence electrons. The molecule has 2 fully saturated rings. The number of piperidine rings is 1. The number of aliphatic hydroxyl groups excluding tert-OH is 1. The smallest absolute Gasteiger partial charge is 0.228 e. The molecule has 0 aromatic heterocycles. The molecule has 2 heterocycles. The third-order valence-corrected chi connectivity index (χ3v) is 5.82. The molecule has 25 heavy (non-hydrogen) atoms. The van der Waals surface area contributed by atoms with Crippen molar-refractivity contribution in [2.75, 3.05) is 19.6 Å². The van der Waals surface area contributed by atoms with Crippen LogP contribution in [0.3, 0.4) is 0 Å². The average Bonchev–Trinajstić information content (AvgIpc) is 3.15. The lowest BCUT2D eigenvalue weighted by molar-refractivity contribution is -0.137. The summed E-state index contributed by atoms with van der Waals surface area (Å²) >= 11 is 0. The summed E-state index contributed by atoms with van der Waals surface area (Å²) in [6.45, 7) is 4.38. The molecule has 3 N–H and O–H groups in total. The highest BCUT2D eigenvalue weighted by molar-refractivity contribution is 5.80. The SMILES string of the molecule is CCC1NNCC1C(=O)N1CCC(C(O)CCc2ccccc2)CC1. The van der Waals surface area contributed by atoms with Gasteiger partial charge in [0.2, 0.25) is 5.91 Å². The van der Waals surface area contributed by atoms with E-state index in [1.54, 1.807) is 0 Å². The fraction of sp³-hybridized carbons (Fsp3) is 0.650. The van der Waals surface area contributed by atoms with Gasteiger partial charge in [-0.3, -0.25) is 15.6 Å². The molecule has 2 aliphatic rings. The van der Waals surface area contributed by atoms with Gasteiger partial charge in [-0.25, -0.2) is 0 Å². The summed E-state index contributed by atoms with van der Waals surface area (Å²) in [7, 11) is 0. The van der Waals surface area contributed by atoms with E-state index in [2.05, 4.69) is 29.9 Å². The highest BCUT2D eigenvalue weighted by Crippen LogP contribution is 2.25. The van der Waals surface area contributed by atoms with Crippen LogP contribution in [0.4, 0.5) is 0 Å². The normalized spacial score (nSPS) is 25.9. The number of hydrogen-bond acceptors (Lipinski definition) is 4. The van der Waals surface area contributed by atoms with Crippen LogP contribution in [0.15, 0.2) is 30.3 Å². The van der Waals surface area contributed by atoms with Crippen LogP contribution >= 0.6 is 0 Å². The number of carbonyl (C=O) groups is 1. The number of carbonyl (C=O) groups excluding carboxylic acids is 1. The van der Waals surface area contributed by atoms with Gasteiger partial charge in [0.25, 0.3) is 0 Å². The van der Waals surface area contributed by atoms with E-state index in [0.717, 1.165) is 51.7 Å². The van der Waals surface area contributed by atoms with Crippen molar-refractivity contribution in [1.29, 1.82) is 0 Å². The molecule has 2 saturated heterocycles. The number of hydrazine groups is 1. The molecular formula is C20H31N3O2. The first-order valence-electron chi connectivity index (χ1n) is 9.68. The van der Waals surface area contributed by atoms with Crippen LogP contribution in [0.5, 0.6) is 0 Å². The second kappa shape index (κ2) is 8.79. The Balaban J connectivity index is 1.44. The minimum Gasteiger partial charge on any atom is -0.393 e. The molecule has 0 aliphatic carbocycles. The first kappa shape index (κ1) is 18.4. The first-order chi connectivity index (χ1) is 12.2. The Bertz CT molecular complexity index is 543. The highest BCUT2D eigenvalue weighted by atomic mass is 16.3. The van der Waals surface area contributed by atoms with Gasteiger partial charge in [0.1, 0.15) is 0 Å². The monoisotopic (exact) mass is 345 g/mol. The molecule has 3 unspecified atom stereocenters. The lowest BCUT2D eigenvalue weighted by atomic mass is 9.87. The van der Waals surface area contributed by atoms with E-state index >= 15 is 0 Å². The zero-order chi connectivity index (χ0) is 17.6. The van der Waals surface area contributed by atoms with E-state index in [1.807, 2.05) is 23.1 Å². The number of likely N-dealkylation sites (tertiary alicyclic amines) is 1. The largest absolute Gasteiger partial charge is 0.393 e. The van der Waals surface area contributed by atoms with Crippen molar-refractivity contribution in [3.8, 4) is 0 Å². The molecule has 1 aromatic rings. The third kappa shape index (κ3) is 4.60. The summed E-state index contributed by atoms with van der Waals surface area (Å²) in [5, 5.41) is 10.5. The molecule has 3 atom stereocenters. The van der Waals surface area contributed by atoms with Gasteiger partial charge in [-0.15, -0.1) is 0 Å². The Labute approximate surface area is 150 Å². The maximum atomic E-state index is 12.7. The van der Waals surface area contributed by atoms with Crippen LogP contribution in [0.25, 0.3) is 0 Å².